The predicted octanol–water partition coefficient (Wildman–Crippen LogP) is 0.415. The third kappa shape index (κ3) is 8.85. The summed E-state index contributed by atoms with van der Waals surface area (Å²) in [4.78, 5) is 36.8. The van der Waals surface area contributed by atoms with Crippen molar-refractivity contribution in [1.29, 1.82) is 0 Å². The number of carbonyl (C=O) groups is 3. The van der Waals surface area contributed by atoms with Gasteiger partial charge in [0.2, 0.25) is 0 Å². The molecule has 8 nitrogen and oxygen atoms in total. The third-order valence-corrected chi connectivity index (χ3v) is 2.86. The molecule has 0 aliphatic carbocycles. The van der Waals surface area contributed by atoms with Gasteiger partial charge in [-0.3, -0.25) is 9.59 Å². The van der Waals surface area contributed by atoms with E-state index in [0.29, 0.717) is 26.1 Å². The average molecular weight is 304 g/mol. The largest absolute Gasteiger partial charge is 0.481 e. The van der Waals surface area contributed by atoms with E-state index in [2.05, 4.69) is 4.74 Å². The van der Waals surface area contributed by atoms with E-state index >= 15 is 0 Å². The standard InChI is InChI=1S/C13H24N2O6/c1-14(7-4-5-11(16)17)13(19)15(9-10-20-2)8-6-12(18)21-3/h4-10H2,1-3H3,(H,16,17). The van der Waals surface area contributed by atoms with Gasteiger partial charge in [-0.2, -0.15) is 0 Å². The number of ether oxygens (including phenoxy) is 2. The minimum absolute atomic E-state index is 0.0118. The number of carbonyl (C=O) groups excluding carboxylic acids is 2. The highest BCUT2D eigenvalue weighted by Crippen LogP contribution is 2.02. The Labute approximate surface area is 124 Å². The van der Waals surface area contributed by atoms with Crippen molar-refractivity contribution in [1.82, 2.24) is 9.80 Å². The normalized spacial score (nSPS) is 10.0. The molecule has 0 saturated heterocycles. The fourth-order valence-corrected chi connectivity index (χ4v) is 1.64. The molecule has 8 heteroatoms. The van der Waals surface area contributed by atoms with E-state index in [4.69, 9.17) is 9.84 Å². The lowest BCUT2D eigenvalue weighted by Crippen LogP contribution is -2.44. The maximum absolute atomic E-state index is 12.2. The molecule has 122 valence electrons. The summed E-state index contributed by atoms with van der Waals surface area (Å²) < 4.78 is 9.49. The molecule has 0 aliphatic heterocycles. The van der Waals surface area contributed by atoms with Crippen molar-refractivity contribution in [3.63, 3.8) is 0 Å². The van der Waals surface area contributed by atoms with Crippen LogP contribution in [0.3, 0.4) is 0 Å². The van der Waals surface area contributed by atoms with Crippen LogP contribution in [0.4, 0.5) is 4.79 Å². The van der Waals surface area contributed by atoms with E-state index in [1.807, 2.05) is 0 Å². The second-order valence-electron chi connectivity index (χ2n) is 4.51. The van der Waals surface area contributed by atoms with E-state index in [0.717, 1.165) is 0 Å². The van der Waals surface area contributed by atoms with Crippen LogP contribution in [0.2, 0.25) is 0 Å². The number of hydrogen-bond donors (Lipinski definition) is 1. The molecule has 0 aliphatic rings. The molecule has 0 aromatic heterocycles. The van der Waals surface area contributed by atoms with Gasteiger partial charge in [0.1, 0.15) is 0 Å². The van der Waals surface area contributed by atoms with Gasteiger partial charge in [0.05, 0.1) is 20.1 Å². The van der Waals surface area contributed by atoms with Crippen LogP contribution in [0.25, 0.3) is 0 Å². The molecule has 0 rings (SSSR count). The van der Waals surface area contributed by atoms with Crippen LogP contribution in [0.15, 0.2) is 0 Å². The van der Waals surface area contributed by atoms with Gasteiger partial charge in [0.15, 0.2) is 0 Å². The summed E-state index contributed by atoms with van der Waals surface area (Å²) in [6.45, 7) is 1.29. The minimum Gasteiger partial charge on any atom is -0.481 e. The van der Waals surface area contributed by atoms with Crippen LogP contribution in [0.1, 0.15) is 19.3 Å². The maximum atomic E-state index is 12.2. The smallest absolute Gasteiger partial charge is 0.319 e. The number of methoxy groups -OCH3 is 2. The first-order valence-electron chi connectivity index (χ1n) is 6.70. The summed E-state index contributed by atoms with van der Waals surface area (Å²) in [5.41, 5.74) is 0. The van der Waals surface area contributed by atoms with Crippen molar-refractivity contribution in [3.05, 3.63) is 0 Å². The van der Waals surface area contributed by atoms with Gasteiger partial charge >= 0.3 is 18.0 Å². The molecule has 0 atom stereocenters. The van der Waals surface area contributed by atoms with Gasteiger partial charge < -0.3 is 24.4 Å². The topological polar surface area (TPSA) is 96.4 Å². The Balaban J connectivity index is 4.39. The number of rotatable bonds is 10. The zero-order chi connectivity index (χ0) is 16.3. The van der Waals surface area contributed by atoms with Crippen LogP contribution in [0.5, 0.6) is 0 Å². The quantitative estimate of drug-likeness (QED) is 0.587. The van der Waals surface area contributed by atoms with Crippen LogP contribution in [-0.4, -0.2) is 80.4 Å². The average Bonchev–Trinajstić information content (AvgIpc) is 2.45. The van der Waals surface area contributed by atoms with Gasteiger partial charge in [-0.15, -0.1) is 0 Å². The molecule has 0 saturated carbocycles. The first-order chi connectivity index (χ1) is 9.92. The Morgan fingerprint density at radius 1 is 1.05 bits per heavy atom. The molecule has 0 aromatic carbocycles. The number of hydrogen-bond acceptors (Lipinski definition) is 5. The van der Waals surface area contributed by atoms with Crippen molar-refractivity contribution < 1.29 is 29.0 Å². The van der Waals surface area contributed by atoms with Gasteiger partial charge in [-0.25, -0.2) is 4.79 Å². The van der Waals surface area contributed by atoms with E-state index in [1.165, 1.54) is 24.0 Å². The maximum Gasteiger partial charge on any atom is 0.319 e. The molecule has 1 N–H and O–H groups in total. The highest BCUT2D eigenvalue weighted by Gasteiger charge is 2.18. The number of amides is 2. The molecule has 0 fully saturated rings. The summed E-state index contributed by atoms with van der Waals surface area (Å²) in [7, 11) is 4.42. The molecule has 21 heavy (non-hydrogen) atoms. The Bertz CT molecular complexity index is 348. The van der Waals surface area contributed by atoms with Crippen molar-refractivity contribution in [3.8, 4) is 0 Å². The highest BCUT2D eigenvalue weighted by molar-refractivity contribution is 5.75. The molecule has 0 unspecified atom stereocenters. The SMILES string of the molecule is COCCN(CCC(=O)OC)C(=O)N(C)CCCC(=O)O. The Hall–Kier alpha value is -1.83. The summed E-state index contributed by atoms with van der Waals surface area (Å²) in [6, 6.07) is -0.263. The lowest BCUT2D eigenvalue weighted by molar-refractivity contribution is -0.141. The summed E-state index contributed by atoms with van der Waals surface area (Å²) in [5, 5.41) is 8.58. The second kappa shape index (κ2) is 10.9. The Morgan fingerprint density at radius 2 is 1.71 bits per heavy atom. The molecular formula is C13H24N2O6. The lowest BCUT2D eigenvalue weighted by atomic mass is 10.3. The summed E-state index contributed by atoms with van der Waals surface area (Å²) in [5.74, 6) is -1.28. The summed E-state index contributed by atoms with van der Waals surface area (Å²) in [6.07, 6.45) is 0.499. The van der Waals surface area contributed by atoms with Gasteiger partial charge in [0.25, 0.3) is 0 Å². The van der Waals surface area contributed by atoms with Crippen molar-refractivity contribution >= 4 is 18.0 Å². The second-order valence-corrected chi connectivity index (χ2v) is 4.51. The number of carboxylic acids is 1. The van der Waals surface area contributed by atoms with Crippen molar-refractivity contribution in [2.45, 2.75) is 19.3 Å². The molecule has 0 aromatic rings. The first kappa shape index (κ1) is 19.2. The molecular weight excluding hydrogens is 280 g/mol. The van der Waals surface area contributed by atoms with E-state index in [-0.39, 0.29) is 25.4 Å². The zero-order valence-corrected chi connectivity index (χ0v) is 12.8. The Morgan fingerprint density at radius 3 is 2.24 bits per heavy atom. The highest BCUT2D eigenvalue weighted by atomic mass is 16.5. The number of carboxylic acid groups (broad SMARTS) is 1. The number of nitrogens with zero attached hydrogens (tertiary/aromatic N) is 2. The molecule has 2 amide bonds. The van der Waals surface area contributed by atoms with Crippen LogP contribution < -0.4 is 0 Å². The van der Waals surface area contributed by atoms with Crippen molar-refractivity contribution in [2.24, 2.45) is 0 Å². The molecule has 0 bridgehead atoms. The van der Waals surface area contributed by atoms with E-state index in [1.54, 1.807) is 7.05 Å². The van der Waals surface area contributed by atoms with E-state index in [9.17, 15) is 14.4 Å². The zero-order valence-electron chi connectivity index (χ0n) is 12.8. The van der Waals surface area contributed by atoms with Crippen LogP contribution >= 0.6 is 0 Å². The van der Waals surface area contributed by atoms with Gasteiger partial charge in [0, 0.05) is 40.2 Å². The van der Waals surface area contributed by atoms with Gasteiger partial charge in [-0.05, 0) is 6.42 Å². The van der Waals surface area contributed by atoms with E-state index < -0.39 is 11.9 Å². The Kier molecular flexibility index (Phi) is 9.95. The molecule has 0 radical (unpaired) electrons. The van der Waals surface area contributed by atoms with Crippen LogP contribution in [0, 0.1) is 0 Å². The number of aliphatic carboxylic acids is 1. The van der Waals surface area contributed by atoms with Crippen molar-refractivity contribution in [2.75, 3.05) is 47.5 Å². The molecule has 0 heterocycles. The fourth-order valence-electron chi connectivity index (χ4n) is 1.64. The third-order valence-electron chi connectivity index (χ3n) is 2.86. The predicted molar refractivity (Wildman–Crippen MR) is 75.0 cm³/mol. The van der Waals surface area contributed by atoms with Crippen LogP contribution in [-0.2, 0) is 19.1 Å². The monoisotopic (exact) mass is 304 g/mol. The fraction of sp³-hybridized carbons (Fsp3) is 0.769. The van der Waals surface area contributed by atoms with Gasteiger partial charge in [-0.1, -0.05) is 0 Å². The minimum atomic E-state index is -0.891. The first-order valence-corrected chi connectivity index (χ1v) is 6.70. The lowest BCUT2D eigenvalue weighted by Gasteiger charge is -2.27. The molecule has 0 spiro atoms. The number of esters is 1. The summed E-state index contributed by atoms with van der Waals surface area (Å²) >= 11 is 0. The number of urea groups is 1.